The Hall–Kier alpha value is -2.35. The fraction of sp³-hybridized carbons (Fsp3) is 0.357. The molecule has 100 valence electrons. The average Bonchev–Trinajstić information content (AvgIpc) is 2.46. The molecular formula is C14H17N3O2. The minimum Gasteiger partial charge on any atom is -0.485 e. The molecule has 0 unspecified atom stereocenters. The minimum atomic E-state index is 0.268. The molecule has 1 heterocycles. The van der Waals surface area contributed by atoms with E-state index in [1.807, 2.05) is 19.1 Å². The van der Waals surface area contributed by atoms with Crippen molar-refractivity contribution in [3.05, 3.63) is 35.2 Å². The molecule has 0 saturated carbocycles. The Kier molecular flexibility index (Phi) is 6.10. The first-order valence-corrected chi connectivity index (χ1v) is 5.93. The van der Waals surface area contributed by atoms with Crippen LogP contribution < -0.4 is 4.74 Å². The summed E-state index contributed by atoms with van der Waals surface area (Å²) in [6.07, 6.45) is 2.14. The largest absolute Gasteiger partial charge is 0.485 e. The standard InChI is InChI=1S/C14H17N3O2/c1-4-11(8-15)13(9-16-2)19-10-12-6-5-7-14(17-12)18-3/h5-7,9H,4,10H2,1-3H3/b13-11-,16-9?. The Morgan fingerprint density at radius 1 is 1.53 bits per heavy atom. The number of allylic oxidation sites excluding steroid dienone is 2. The van der Waals surface area contributed by atoms with Gasteiger partial charge in [0.2, 0.25) is 5.88 Å². The molecule has 1 rings (SSSR count). The van der Waals surface area contributed by atoms with E-state index < -0.39 is 0 Å². The fourth-order valence-corrected chi connectivity index (χ4v) is 1.43. The van der Waals surface area contributed by atoms with Crippen LogP contribution in [0.25, 0.3) is 0 Å². The van der Waals surface area contributed by atoms with Crippen LogP contribution in [-0.4, -0.2) is 25.4 Å². The first-order chi connectivity index (χ1) is 9.24. The van der Waals surface area contributed by atoms with Gasteiger partial charge >= 0.3 is 0 Å². The lowest BCUT2D eigenvalue weighted by molar-refractivity contribution is 0.211. The molecule has 1 aromatic heterocycles. The number of methoxy groups -OCH3 is 1. The third kappa shape index (κ3) is 4.43. The zero-order chi connectivity index (χ0) is 14.1. The van der Waals surface area contributed by atoms with E-state index in [1.54, 1.807) is 26.4 Å². The molecule has 0 spiro atoms. The Morgan fingerprint density at radius 3 is 2.89 bits per heavy atom. The third-order valence-electron chi connectivity index (χ3n) is 2.40. The van der Waals surface area contributed by atoms with E-state index in [2.05, 4.69) is 16.0 Å². The lowest BCUT2D eigenvalue weighted by Crippen LogP contribution is -2.01. The van der Waals surface area contributed by atoms with E-state index in [0.717, 1.165) is 5.69 Å². The predicted octanol–water partition coefficient (Wildman–Crippen LogP) is 2.50. The van der Waals surface area contributed by atoms with Crippen molar-refractivity contribution >= 4 is 6.21 Å². The molecule has 0 N–H and O–H groups in total. The third-order valence-corrected chi connectivity index (χ3v) is 2.40. The number of aliphatic imine (C=N–C) groups is 1. The van der Waals surface area contributed by atoms with Crippen molar-refractivity contribution in [1.29, 1.82) is 5.26 Å². The van der Waals surface area contributed by atoms with Crippen LogP contribution in [0.2, 0.25) is 0 Å². The summed E-state index contributed by atoms with van der Waals surface area (Å²) in [5.41, 5.74) is 1.29. The second kappa shape index (κ2) is 7.88. The minimum absolute atomic E-state index is 0.268. The highest BCUT2D eigenvalue weighted by molar-refractivity contribution is 5.78. The van der Waals surface area contributed by atoms with Crippen LogP contribution >= 0.6 is 0 Å². The molecule has 5 heteroatoms. The van der Waals surface area contributed by atoms with Gasteiger partial charge in [0.25, 0.3) is 0 Å². The second-order valence-corrected chi connectivity index (χ2v) is 3.66. The van der Waals surface area contributed by atoms with Crippen LogP contribution in [0.5, 0.6) is 5.88 Å². The van der Waals surface area contributed by atoms with Gasteiger partial charge in [0.05, 0.1) is 30.7 Å². The second-order valence-electron chi connectivity index (χ2n) is 3.66. The molecule has 0 amide bonds. The summed E-state index contributed by atoms with van der Waals surface area (Å²) in [7, 11) is 3.20. The Balaban J connectivity index is 2.82. The van der Waals surface area contributed by atoms with Crippen molar-refractivity contribution < 1.29 is 9.47 Å². The molecule has 0 saturated heterocycles. The number of nitrogens with zero attached hydrogens (tertiary/aromatic N) is 3. The lowest BCUT2D eigenvalue weighted by Gasteiger charge is -2.08. The highest BCUT2D eigenvalue weighted by atomic mass is 16.5. The molecule has 0 fully saturated rings. The average molecular weight is 259 g/mol. The predicted molar refractivity (Wildman–Crippen MR) is 72.9 cm³/mol. The van der Waals surface area contributed by atoms with Crippen molar-refractivity contribution in [2.24, 2.45) is 4.99 Å². The van der Waals surface area contributed by atoms with Gasteiger partial charge in [0.1, 0.15) is 6.61 Å². The van der Waals surface area contributed by atoms with Gasteiger partial charge in [-0.1, -0.05) is 13.0 Å². The van der Waals surface area contributed by atoms with Crippen molar-refractivity contribution in [3.8, 4) is 11.9 Å². The van der Waals surface area contributed by atoms with Gasteiger partial charge in [-0.15, -0.1) is 0 Å². The zero-order valence-electron chi connectivity index (χ0n) is 11.4. The summed E-state index contributed by atoms with van der Waals surface area (Å²) >= 11 is 0. The molecule has 0 aliphatic heterocycles. The highest BCUT2D eigenvalue weighted by Gasteiger charge is 2.05. The van der Waals surface area contributed by atoms with Gasteiger partial charge in [0, 0.05) is 13.1 Å². The van der Waals surface area contributed by atoms with Crippen LogP contribution in [0, 0.1) is 11.3 Å². The molecule has 0 aliphatic carbocycles. The topological polar surface area (TPSA) is 67.5 Å². The number of aromatic nitrogens is 1. The smallest absolute Gasteiger partial charge is 0.213 e. The summed E-state index contributed by atoms with van der Waals surface area (Å²) in [4.78, 5) is 8.13. The molecule has 5 nitrogen and oxygen atoms in total. The molecular weight excluding hydrogens is 242 g/mol. The number of pyridine rings is 1. The maximum Gasteiger partial charge on any atom is 0.213 e. The first-order valence-electron chi connectivity index (χ1n) is 5.93. The molecule has 0 aliphatic rings. The summed E-state index contributed by atoms with van der Waals surface area (Å²) < 4.78 is 10.6. The zero-order valence-corrected chi connectivity index (χ0v) is 11.4. The first kappa shape index (κ1) is 14.7. The molecule has 0 aromatic carbocycles. The number of hydrogen-bond acceptors (Lipinski definition) is 5. The van der Waals surface area contributed by atoms with Crippen LogP contribution in [-0.2, 0) is 11.3 Å². The fourth-order valence-electron chi connectivity index (χ4n) is 1.43. The molecule has 0 atom stereocenters. The Bertz CT molecular complexity index is 516. The highest BCUT2D eigenvalue weighted by Crippen LogP contribution is 2.12. The van der Waals surface area contributed by atoms with Gasteiger partial charge in [-0.25, -0.2) is 4.98 Å². The van der Waals surface area contributed by atoms with Crippen LogP contribution in [0.15, 0.2) is 34.5 Å². The quantitative estimate of drug-likeness (QED) is 0.447. The van der Waals surface area contributed by atoms with Crippen molar-refractivity contribution in [2.75, 3.05) is 14.2 Å². The molecule has 0 bridgehead atoms. The van der Waals surface area contributed by atoms with Crippen molar-refractivity contribution in [2.45, 2.75) is 20.0 Å². The van der Waals surface area contributed by atoms with E-state index in [-0.39, 0.29) is 6.61 Å². The Labute approximate surface area is 113 Å². The monoisotopic (exact) mass is 259 g/mol. The van der Waals surface area contributed by atoms with Gasteiger partial charge in [-0.2, -0.15) is 5.26 Å². The van der Waals surface area contributed by atoms with Crippen molar-refractivity contribution in [3.63, 3.8) is 0 Å². The Morgan fingerprint density at radius 2 is 2.32 bits per heavy atom. The van der Waals surface area contributed by atoms with Gasteiger partial charge in [-0.05, 0) is 12.5 Å². The summed E-state index contributed by atoms with van der Waals surface area (Å²) in [6.45, 7) is 2.17. The van der Waals surface area contributed by atoms with Crippen LogP contribution in [0.1, 0.15) is 19.0 Å². The van der Waals surface area contributed by atoms with Gasteiger partial charge < -0.3 is 9.47 Å². The van der Waals surface area contributed by atoms with Crippen LogP contribution in [0.3, 0.4) is 0 Å². The SMILES string of the molecule is CC/C(C#N)=C(\C=NC)OCc1cccc(OC)n1. The van der Waals surface area contributed by atoms with Crippen LogP contribution in [0.4, 0.5) is 0 Å². The van der Waals surface area contributed by atoms with E-state index in [4.69, 9.17) is 14.7 Å². The van der Waals surface area contributed by atoms with Crippen molar-refractivity contribution in [1.82, 2.24) is 4.98 Å². The molecule has 19 heavy (non-hydrogen) atoms. The number of rotatable bonds is 6. The maximum absolute atomic E-state index is 9.02. The number of nitriles is 1. The summed E-state index contributed by atoms with van der Waals surface area (Å²) in [5.74, 6) is 1.02. The van der Waals surface area contributed by atoms with Gasteiger partial charge in [0.15, 0.2) is 5.76 Å². The summed E-state index contributed by atoms with van der Waals surface area (Å²) in [5, 5.41) is 9.02. The van der Waals surface area contributed by atoms with E-state index in [9.17, 15) is 0 Å². The van der Waals surface area contributed by atoms with Gasteiger partial charge in [-0.3, -0.25) is 4.99 Å². The normalized spacial score (nSPS) is 11.9. The number of ether oxygens (including phenoxy) is 2. The molecule has 0 radical (unpaired) electrons. The van der Waals surface area contributed by atoms with E-state index in [0.29, 0.717) is 23.6 Å². The lowest BCUT2D eigenvalue weighted by atomic mass is 10.2. The summed E-state index contributed by atoms with van der Waals surface area (Å²) in [6, 6.07) is 7.55. The number of hydrogen-bond donors (Lipinski definition) is 0. The van der Waals surface area contributed by atoms with E-state index in [1.165, 1.54) is 0 Å². The molecule has 1 aromatic rings. The maximum atomic E-state index is 9.02. The van der Waals surface area contributed by atoms with E-state index >= 15 is 0 Å².